The average molecular weight is 634 g/mol. The molecule has 1 heterocycles. The zero-order chi connectivity index (χ0) is 33.1. The summed E-state index contributed by atoms with van der Waals surface area (Å²) < 4.78 is 7.69. The van der Waals surface area contributed by atoms with E-state index in [1.54, 1.807) is 6.33 Å². The molecule has 1 aliphatic carbocycles. The number of imidazole rings is 1. The Labute approximate surface area is 279 Å². The van der Waals surface area contributed by atoms with Crippen molar-refractivity contribution in [2.75, 3.05) is 6.61 Å². The first-order valence-corrected chi connectivity index (χ1v) is 16.0. The standard InChI is InChI=1S/C41H35N3O4/c1-28-20-22-31(23-21-28)41(29-12-4-2-5-13-29,30-14-6-3-7-15-30)44-25-32(42-27-44)24-38(39(45)46)43-40(47)48-26-37-35-18-10-8-16-33(35)34-17-9-11-19-36(34)37/h2-23,25,27,37-38H,24,26H2,1H3,(H,43,47)(H,45,46)/t38-/m0/s1. The summed E-state index contributed by atoms with van der Waals surface area (Å²) in [5, 5.41) is 12.7. The molecular weight excluding hydrogens is 598 g/mol. The summed E-state index contributed by atoms with van der Waals surface area (Å²) in [6.45, 7) is 2.15. The summed E-state index contributed by atoms with van der Waals surface area (Å²) in [5.41, 5.74) is 8.35. The lowest BCUT2D eigenvalue weighted by atomic mass is 9.76. The summed E-state index contributed by atoms with van der Waals surface area (Å²) in [6.07, 6.45) is 2.79. The maximum atomic E-state index is 13.1. The molecule has 0 unspecified atom stereocenters. The van der Waals surface area contributed by atoms with E-state index in [1.807, 2.05) is 83.6 Å². The SMILES string of the molecule is Cc1ccc(C(c2ccccc2)(c2ccccc2)n2cnc(C[C@H](NC(=O)OCC3c4ccccc4-c4ccccc43)C(=O)O)c2)cc1. The fourth-order valence-corrected chi connectivity index (χ4v) is 6.94. The predicted octanol–water partition coefficient (Wildman–Crippen LogP) is 7.57. The van der Waals surface area contributed by atoms with Gasteiger partial charge in [-0.15, -0.1) is 0 Å². The zero-order valence-electron chi connectivity index (χ0n) is 26.5. The third-order valence-corrected chi connectivity index (χ3v) is 9.22. The summed E-state index contributed by atoms with van der Waals surface area (Å²) >= 11 is 0. The molecule has 1 aromatic heterocycles. The molecule has 6 aromatic rings. The number of hydrogen-bond donors (Lipinski definition) is 2. The van der Waals surface area contributed by atoms with E-state index >= 15 is 0 Å². The van der Waals surface area contributed by atoms with Gasteiger partial charge >= 0.3 is 12.1 Å². The molecule has 0 aliphatic heterocycles. The van der Waals surface area contributed by atoms with Gasteiger partial charge in [-0.1, -0.05) is 139 Å². The molecule has 5 aromatic carbocycles. The highest BCUT2D eigenvalue weighted by atomic mass is 16.5. The van der Waals surface area contributed by atoms with Crippen LogP contribution in [0.2, 0.25) is 0 Å². The lowest BCUT2D eigenvalue weighted by Gasteiger charge is -2.37. The van der Waals surface area contributed by atoms with E-state index < -0.39 is 23.6 Å². The second-order valence-corrected chi connectivity index (χ2v) is 12.1. The number of nitrogens with one attached hydrogen (secondary N) is 1. The number of aryl methyl sites for hydroxylation is 1. The monoisotopic (exact) mass is 633 g/mol. The van der Waals surface area contributed by atoms with Gasteiger partial charge in [0.1, 0.15) is 18.2 Å². The molecule has 7 heteroatoms. The number of carbonyl (C=O) groups is 2. The third-order valence-electron chi connectivity index (χ3n) is 9.22. The van der Waals surface area contributed by atoms with Crippen molar-refractivity contribution in [3.63, 3.8) is 0 Å². The van der Waals surface area contributed by atoms with E-state index in [1.165, 1.54) is 0 Å². The molecule has 1 atom stereocenters. The maximum Gasteiger partial charge on any atom is 0.407 e. The van der Waals surface area contributed by atoms with Crippen LogP contribution in [-0.4, -0.2) is 39.4 Å². The smallest absolute Gasteiger partial charge is 0.407 e. The van der Waals surface area contributed by atoms with Gasteiger partial charge in [0, 0.05) is 18.5 Å². The quantitative estimate of drug-likeness (QED) is 0.152. The van der Waals surface area contributed by atoms with E-state index in [-0.39, 0.29) is 18.9 Å². The van der Waals surface area contributed by atoms with E-state index in [9.17, 15) is 14.7 Å². The number of carboxylic acids is 1. The van der Waals surface area contributed by atoms with Crippen LogP contribution in [0.4, 0.5) is 4.79 Å². The lowest BCUT2D eigenvalue weighted by molar-refractivity contribution is -0.139. The van der Waals surface area contributed by atoms with Crippen molar-refractivity contribution < 1.29 is 19.4 Å². The van der Waals surface area contributed by atoms with Crippen LogP contribution >= 0.6 is 0 Å². The minimum absolute atomic E-state index is 0.0277. The molecule has 238 valence electrons. The van der Waals surface area contributed by atoms with Crippen molar-refractivity contribution in [2.45, 2.75) is 30.8 Å². The number of aliphatic carboxylic acids is 1. The molecule has 0 spiro atoms. The molecule has 2 N–H and O–H groups in total. The molecule has 1 aliphatic rings. The number of nitrogens with zero attached hydrogens (tertiary/aromatic N) is 2. The van der Waals surface area contributed by atoms with Gasteiger partial charge in [-0.2, -0.15) is 0 Å². The fraction of sp³-hybridized carbons (Fsp3) is 0.146. The van der Waals surface area contributed by atoms with Crippen molar-refractivity contribution in [1.82, 2.24) is 14.9 Å². The first-order chi connectivity index (χ1) is 23.4. The molecular formula is C41H35N3O4. The number of rotatable bonds is 10. The van der Waals surface area contributed by atoms with Gasteiger partial charge < -0.3 is 19.7 Å². The molecule has 0 bridgehead atoms. The molecule has 0 saturated carbocycles. The van der Waals surface area contributed by atoms with Gasteiger partial charge in [-0.25, -0.2) is 14.6 Å². The Bertz CT molecular complexity index is 1970. The Morgan fingerprint density at radius 3 is 1.85 bits per heavy atom. The van der Waals surface area contributed by atoms with Crippen LogP contribution in [0.3, 0.4) is 0 Å². The molecule has 7 rings (SSSR count). The second-order valence-electron chi connectivity index (χ2n) is 12.1. The van der Waals surface area contributed by atoms with Crippen LogP contribution in [0.1, 0.15) is 45.0 Å². The zero-order valence-corrected chi connectivity index (χ0v) is 26.5. The van der Waals surface area contributed by atoms with Crippen LogP contribution in [0.5, 0.6) is 0 Å². The van der Waals surface area contributed by atoms with Crippen molar-refractivity contribution in [2.24, 2.45) is 0 Å². The van der Waals surface area contributed by atoms with Crippen molar-refractivity contribution in [1.29, 1.82) is 0 Å². The largest absolute Gasteiger partial charge is 0.480 e. The average Bonchev–Trinajstić information content (AvgIpc) is 3.72. The fourth-order valence-electron chi connectivity index (χ4n) is 6.94. The van der Waals surface area contributed by atoms with E-state index in [2.05, 4.69) is 77.9 Å². The number of alkyl carbamates (subject to hydrolysis) is 1. The molecule has 48 heavy (non-hydrogen) atoms. The predicted molar refractivity (Wildman–Crippen MR) is 185 cm³/mol. The van der Waals surface area contributed by atoms with Crippen molar-refractivity contribution in [3.05, 3.63) is 185 Å². The summed E-state index contributed by atoms with van der Waals surface area (Å²) in [5.74, 6) is -1.30. The van der Waals surface area contributed by atoms with Gasteiger partial charge in [0.2, 0.25) is 0 Å². The number of carboxylic acid groups (broad SMARTS) is 1. The first kappa shape index (κ1) is 30.7. The Kier molecular flexibility index (Phi) is 8.34. The van der Waals surface area contributed by atoms with Crippen LogP contribution in [0.15, 0.2) is 146 Å². The van der Waals surface area contributed by atoms with Crippen LogP contribution in [-0.2, 0) is 21.5 Å². The highest BCUT2D eigenvalue weighted by molar-refractivity contribution is 5.81. The van der Waals surface area contributed by atoms with Crippen LogP contribution in [0.25, 0.3) is 11.1 Å². The Morgan fingerprint density at radius 2 is 1.29 bits per heavy atom. The molecule has 0 saturated heterocycles. The van der Waals surface area contributed by atoms with Crippen molar-refractivity contribution >= 4 is 12.1 Å². The number of carbonyl (C=O) groups excluding carboxylic acids is 1. The third kappa shape index (κ3) is 5.64. The molecule has 0 fully saturated rings. The van der Waals surface area contributed by atoms with Crippen molar-refractivity contribution in [3.8, 4) is 11.1 Å². The first-order valence-electron chi connectivity index (χ1n) is 16.0. The summed E-state index contributed by atoms with van der Waals surface area (Å²) in [6, 6.07) is 43.7. The Balaban J connectivity index is 1.15. The topological polar surface area (TPSA) is 93.5 Å². The van der Waals surface area contributed by atoms with E-state index in [0.29, 0.717) is 5.69 Å². The number of amides is 1. The highest BCUT2D eigenvalue weighted by Gasteiger charge is 2.39. The molecule has 1 amide bonds. The van der Waals surface area contributed by atoms with Gasteiger partial charge in [0.15, 0.2) is 0 Å². The number of benzene rings is 5. The maximum absolute atomic E-state index is 13.1. The lowest BCUT2D eigenvalue weighted by Crippen LogP contribution is -2.43. The highest BCUT2D eigenvalue weighted by Crippen LogP contribution is 2.45. The minimum atomic E-state index is -1.24. The summed E-state index contributed by atoms with van der Waals surface area (Å²) in [4.78, 5) is 30.1. The summed E-state index contributed by atoms with van der Waals surface area (Å²) in [7, 11) is 0. The second kappa shape index (κ2) is 13.0. The molecule has 7 nitrogen and oxygen atoms in total. The van der Waals surface area contributed by atoms with Gasteiger partial charge in [0.25, 0.3) is 0 Å². The number of fused-ring (bicyclic) bond motifs is 3. The minimum Gasteiger partial charge on any atom is -0.480 e. The van der Waals surface area contributed by atoms with E-state index in [0.717, 1.165) is 44.5 Å². The number of hydrogen-bond acceptors (Lipinski definition) is 4. The number of ether oxygens (including phenoxy) is 1. The van der Waals surface area contributed by atoms with Crippen LogP contribution < -0.4 is 5.32 Å². The van der Waals surface area contributed by atoms with E-state index in [4.69, 9.17) is 4.74 Å². The normalized spacial score (nSPS) is 12.9. The van der Waals surface area contributed by atoms with Crippen LogP contribution in [0, 0.1) is 6.92 Å². The Hall–Kier alpha value is -5.95. The number of aromatic nitrogens is 2. The van der Waals surface area contributed by atoms with Gasteiger partial charge in [-0.05, 0) is 45.9 Å². The van der Waals surface area contributed by atoms with Gasteiger partial charge in [0.05, 0.1) is 12.0 Å². The molecule has 0 radical (unpaired) electrons. The van der Waals surface area contributed by atoms with Gasteiger partial charge in [-0.3, -0.25) is 0 Å². The Morgan fingerprint density at radius 1 is 0.771 bits per heavy atom.